The fourth-order valence-corrected chi connectivity index (χ4v) is 6.61. The summed E-state index contributed by atoms with van der Waals surface area (Å²) in [6.45, 7) is 4.19. The van der Waals surface area contributed by atoms with Crippen LogP contribution in [0.4, 0.5) is 10.1 Å². The van der Waals surface area contributed by atoms with E-state index in [1.807, 2.05) is 43.0 Å². The van der Waals surface area contributed by atoms with Crippen molar-refractivity contribution >= 4 is 19.4 Å². The van der Waals surface area contributed by atoms with Crippen molar-refractivity contribution in [3.05, 3.63) is 82.8 Å². The maximum Gasteiger partial charge on any atom is 0.357 e. The molecule has 1 atom stereocenters. The Balaban J connectivity index is 1.96. The molecule has 0 saturated heterocycles. The van der Waals surface area contributed by atoms with Crippen LogP contribution in [0.15, 0.2) is 65.9 Å². The molecule has 0 spiro atoms. The van der Waals surface area contributed by atoms with Gasteiger partial charge in [0.2, 0.25) is 0 Å². The minimum absolute atomic E-state index is 0.273. The number of halogens is 1. The zero-order chi connectivity index (χ0) is 21.8. The minimum Gasteiger partial charge on any atom is -0.322 e. The van der Waals surface area contributed by atoms with Gasteiger partial charge in [0.25, 0.3) is 0 Å². The van der Waals surface area contributed by atoms with E-state index in [0.717, 1.165) is 41.8 Å². The van der Waals surface area contributed by atoms with Crippen LogP contribution in [0.25, 0.3) is 6.08 Å². The molecule has 4 rings (SSSR count). The SMILES string of the molecule is CCOP(=O)(OCC)C1c2ccccc2C=C(C2=CCCCC2)N1c1ccc(F)cc1. The predicted molar refractivity (Wildman–Crippen MR) is 123 cm³/mol. The zero-order valence-electron chi connectivity index (χ0n) is 18.1. The highest BCUT2D eigenvalue weighted by molar-refractivity contribution is 7.54. The quantitative estimate of drug-likeness (QED) is 0.418. The summed E-state index contributed by atoms with van der Waals surface area (Å²) >= 11 is 0. The number of fused-ring (bicyclic) bond motifs is 1. The molecular weight excluding hydrogens is 412 g/mol. The third-order valence-corrected chi connectivity index (χ3v) is 8.06. The van der Waals surface area contributed by atoms with E-state index in [0.29, 0.717) is 0 Å². The Morgan fingerprint density at radius 1 is 1.03 bits per heavy atom. The molecule has 0 saturated carbocycles. The summed E-state index contributed by atoms with van der Waals surface area (Å²) in [4.78, 5) is 2.03. The van der Waals surface area contributed by atoms with Gasteiger partial charge in [0.1, 0.15) is 5.82 Å². The molecule has 0 aromatic heterocycles. The van der Waals surface area contributed by atoms with Crippen molar-refractivity contribution in [2.75, 3.05) is 18.1 Å². The van der Waals surface area contributed by atoms with Crippen molar-refractivity contribution in [3.8, 4) is 0 Å². The Morgan fingerprint density at radius 3 is 2.39 bits per heavy atom. The van der Waals surface area contributed by atoms with Gasteiger partial charge in [-0.25, -0.2) is 4.39 Å². The van der Waals surface area contributed by atoms with Gasteiger partial charge in [-0.05, 0) is 86.6 Å². The van der Waals surface area contributed by atoms with Crippen LogP contribution in [0.5, 0.6) is 0 Å². The van der Waals surface area contributed by atoms with Crippen molar-refractivity contribution < 1.29 is 18.0 Å². The summed E-state index contributed by atoms with van der Waals surface area (Å²) in [6, 6.07) is 14.3. The van der Waals surface area contributed by atoms with E-state index < -0.39 is 13.4 Å². The maximum atomic E-state index is 14.2. The van der Waals surface area contributed by atoms with Crippen LogP contribution in [0, 0.1) is 5.82 Å². The van der Waals surface area contributed by atoms with Gasteiger partial charge in [-0.2, -0.15) is 0 Å². The molecule has 2 aliphatic rings. The second kappa shape index (κ2) is 9.52. The molecule has 1 aliphatic heterocycles. The molecule has 2 aromatic rings. The van der Waals surface area contributed by atoms with Crippen LogP contribution in [-0.2, 0) is 13.6 Å². The largest absolute Gasteiger partial charge is 0.357 e. The number of rotatable bonds is 7. The molecular formula is C25H29FNO3P. The van der Waals surface area contributed by atoms with Gasteiger partial charge in [0.05, 0.1) is 13.2 Å². The van der Waals surface area contributed by atoms with Crippen molar-refractivity contribution in [2.45, 2.75) is 45.3 Å². The smallest absolute Gasteiger partial charge is 0.322 e. The molecule has 0 bridgehead atoms. The Bertz CT molecular complexity index is 1020. The van der Waals surface area contributed by atoms with Crippen molar-refractivity contribution in [1.82, 2.24) is 0 Å². The second-order valence-electron chi connectivity index (χ2n) is 7.73. The van der Waals surface area contributed by atoms with Crippen LogP contribution < -0.4 is 4.90 Å². The first-order chi connectivity index (χ1) is 15.1. The molecule has 1 aliphatic carbocycles. The van der Waals surface area contributed by atoms with E-state index in [1.165, 1.54) is 24.1 Å². The van der Waals surface area contributed by atoms with Crippen molar-refractivity contribution in [2.24, 2.45) is 0 Å². The first kappa shape index (κ1) is 22.0. The zero-order valence-corrected chi connectivity index (χ0v) is 19.0. The Kier molecular flexibility index (Phi) is 6.76. The Hall–Kier alpha value is -2.20. The van der Waals surface area contributed by atoms with Crippen LogP contribution >= 0.6 is 7.60 Å². The number of hydrogen-bond donors (Lipinski definition) is 0. The van der Waals surface area contributed by atoms with Crippen LogP contribution in [0.2, 0.25) is 0 Å². The molecule has 0 N–H and O–H groups in total. The number of nitrogens with zero attached hydrogens (tertiary/aromatic N) is 1. The monoisotopic (exact) mass is 441 g/mol. The highest BCUT2D eigenvalue weighted by Crippen LogP contribution is 2.65. The molecule has 164 valence electrons. The van der Waals surface area contributed by atoms with Crippen LogP contribution in [0.1, 0.15) is 56.4 Å². The fraction of sp³-hybridized carbons (Fsp3) is 0.360. The molecule has 31 heavy (non-hydrogen) atoms. The first-order valence-electron chi connectivity index (χ1n) is 11.0. The van der Waals surface area contributed by atoms with Gasteiger partial charge in [-0.3, -0.25) is 4.57 Å². The highest BCUT2D eigenvalue weighted by atomic mass is 31.2. The Labute approximate surface area is 183 Å². The van der Waals surface area contributed by atoms with E-state index in [4.69, 9.17) is 9.05 Å². The molecule has 2 aromatic carbocycles. The van der Waals surface area contributed by atoms with Crippen molar-refractivity contribution in [3.63, 3.8) is 0 Å². The number of anilines is 1. The topological polar surface area (TPSA) is 38.8 Å². The lowest BCUT2D eigenvalue weighted by molar-refractivity contribution is 0.211. The summed E-state index contributed by atoms with van der Waals surface area (Å²) in [5.41, 5.74) is 4.85. The van der Waals surface area contributed by atoms with E-state index in [-0.39, 0.29) is 19.0 Å². The molecule has 1 heterocycles. The fourth-order valence-electron chi connectivity index (χ4n) is 4.42. The van der Waals surface area contributed by atoms with Crippen LogP contribution in [0.3, 0.4) is 0 Å². The number of allylic oxidation sites excluding steroid dienone is 2. The summed E-state index contributed by atoms with van der Waals surface area (Å²) in [5.74, 6) is -0.963. The maximum absolute atomic E-state index is 14.2. The lowest BCUT2D eigenvalue weighted by Crippen LogP contribution is -2.33. The van der Waals surface area contributed by atoms with E-state index in [9.17, 15) is 8.96 Å². The van der Waals surface area contributed by atoms with E-state index in [1.54, 1.807) is 12.1 Å². The molecule has 0 radical (unpaired) electrons. The molecule has 6 heteroatoms. The van der Waals surface area contributed by atoms with Gasteiger partial charge < -0.3 is 13.9 Å². The molecule has 0 fully saturated rings. The summed E-state index contributed by atoms with van der Waals surface area (Å²) < 4.78 is 39.7. The van der Waals surface area contributed by atoms with Gasteiger partial charge in [0.15, 0.2) is 5.78 Å². The minimum atomic E-state index is -3.58. The van der Waals surface area contributed by atoms with E-state index >= 15 is 0 Å². The summed E-state index contributed by atoms with van der Waals surface area (Å²) in [5, 5.41) is 0. The van der Waals surface area contributed by atoms with Gasteiger partial charge >= 0.3 is 7.60 Å². The van der Waals surface area contributed by atoms with Gasteiger partial charge in [-0.1, -0.05) is 30.3 Å². The third-order valence-electron chi connectivity index (χ3n) is 5.71. The lowest BCUT2D eigenvalue weighted by Gasteiger charge is -2.43. The van der Waals surface area contributed by atoms with Gasteiger partial charge in [0, 0.05) is 11.4 Å². The lowest BCUT2D eigenvalue weighted by atomic mass is 9.91. The normalized spacial score (nSPS) is 18.9. The summed E-state index contributed by atoms with van der Waals surface area (Å²) in [6.07, 6.45) is 8.67. The average Bonchev–Trinajstić information content (AvgIpc) is 2.79. The van der Waals surface area contributed by atoms with Crippen LogP contribution in [-0.4, -0.2) is 13.2 Å². The molecule has 1 unspecified atom stereocenters. The standard InChI is InChI=1S/C25H29FNO3P/c1-3-29-31(28,30-4-2)25-23-13-9-8-12-20(23)18-24(19-10-6-5-7-11-19)27(25)22-16-14-21(26)15-17-22/h8-10,12-18,25H,3-7,11H2,1-2H3. The van der Waals surface area contributed by atoms with E-state index in [2.05, 4.69) is 12.2 Å². The molecule has 4 nitrogen and oxygen atoms in total. The first-order valence-corrected chi connectivity index (χ1v) is 12.6. The second-order valence-corrected chi connectivity index (χ2v) is 9.81. The number of hydrogen-bond acceptors (Lipinski definition) is 4. The highest BCUT2D eigenvalue weighted by Gasteiger charge is 2.45. The third kappa shape index (κ3) is 4.41. The van der Waals surface area contributed by atoms with Crippen molar-refractivity contribution in [1.29, 1.82) is 0 Å². The molecule has 0 amide bonds. The average molecular weight is 441 g/mol. The predicted octanol–water partition coefficient (Wildman–Crippen LogP) is 7.45. The number of benzene rings is 2. The van der Waals surface area contributed by atoms with Gasteiger partial charge in [-0.15, -0.1) is 0 Å². The summed E-state index contributed by atoms with van der Waals surface area (Å²) in [7, 11) is -3.58. The Morgan fingerprint density at radius 2 is 1.74 bits per heavy atom.